The average molecular weight is 235 g/mol. The Hall–Kier alpha value is -1.00. The maximum absolute atomic E-state index is 5.75. The van der Waals surface area contributed by atoms with E-state index in [0.717, 1.165) is 25.0 Å². The van der Waals surface area contributed by atoms with E-state index < -0.39 is 0 Å². The molecule has 4 heteroatoms. The van der Waals surface area contributed by atoms with Crippen molar-refractivity contribution < 1.29 is 4.74 Å². The lowest BCUT2D eigenvalue weighted by Gasteiger charge is -2.24. The van der Waals surface area contributed by atoms with Crippen molar-refractivity contribution in [3.05, 3.63) is 24.3 Å². The van der Waals surface area contributed by atoms with Crippen LogP contribution in [0, 0.1) is 0 Å². The van der Waals surface area contributed by atoms with E-state index in [9.17, 15) is 0 Å². The normalized spacial score (nSPS) is 22.3. The van der Waals surface area contributed by atoms with Crippen LogP contribution in [0.3, 0.4) is 0 Å². The molecule has 17 heavy (non-hydrogen) atoms. The predicted molar refractivity (Wildman–Crippen MR) is 66.7 cm³/mol. The predicted octanol–water partition coefficient (Wildman–Crippen LogP) is 2.09. The van der Waals surface area contributed by atoms with Crippen molar-refractivity contribution >= 4 is 0 Å². The molecule has 2 heterocycles. The van der Waals surface area contributed by atoms with Crippen LogP contribution in [0.5, 0.6) is 0 Å². The summed E-state index contributed by atoms with van der Waals surface area (Å²) in [5.74, 6) is 0. The van der Waals surface area contributed by atoms with E-state index in [1.54, 1.807) is 6.33 Å². The number of hydrogen-bond acceptors (Lipinski definition) is 4. The first-order chi connectivity index (χ1) is 8.40. The van der Waals surface area contributed by atoms with Crippen molar-refractivity contribution in [1.29, 1.82) is 0 Å². The van der Waals surface area contributed by atoms with Crippen LogP contribution in [0.2, 0.25) is 0 Å². The van der Waals surface area contributed by atoms with Gasteiger partial charge in [0.1, 0.15) is 6.33 Å². The summed E-state index contributed by atoms with van der Waals surface area (Å²) < 4.78 is 5.75. The van der Waals surface area contributed by atoms with Crippen molar-refractivity contribution in [1.82, 2.24) is 15.3 Å². The quantitative estimate of drug-likeness (QED) is 0.849. The summed E-state index contributed by atoms with van der Waals surface area (Å²) in [4.78, 5) is 8.13. The molecular formula is C13H21N3O. The molecule has 1 aliphatic heterocycles. The molecule has 0 amide bonds. The Morgan fingerprint density at radius 2 is 2.24 bits per heavy atom. The molecular weight excluding hydrogens is 214 g/mol. The summed E-state index contributed by atoms with van der Waals surface area (Å²) in [5, 5.41) is 3.32. The van der Waals surface area contributed by atoms with Crippen LogP contribution in [-0.4, -0.2) is 29.7 Å². The van der Waals surface area contributed by atoms with Gasteiger partial charge in [0.15, 0.2) is 0 Å². The summed E-state index contributed by atoms with van der Waals surface area (Å²) in [6, 6.07) is 0.335. The summed E-state index contributed by atoms with van der Waals surface area (Å²) in [7, 11) is 1.99. The number of hydrogen-bond donors (Lipinski definition) is 1. The van der Waals surface area contributed by atoms with Gasteiger partial charge in [0, 0.05) is 30.6 Å². The minimum absolute atomic E-state index is 0.335. The molecule has 94 valence electrons. The molecule has 1 fully saturated rings. The van der Waals surface area contributed by atoms with Crippen LogP contribution in [0.1, 0.15) is 43.7 Å². The van der Waals surface area contributed by atoms with E-state index in [2.05, 4.69) is 15.3 Å². The van der Waals surface area contributed by atoms with Gasteiger partial charge in [0.05, 0.1) is 6.10 Å². The highest BCUT2D eigenvalue weighted by atomic mass is 16.5. The van der Waals surface area contributed by atoms with E-state index >= 15 is 0 Å². The Kier molecular flexibility index (Phi) is 4.88. The van der Waals surface area contributed by atoms with E-state index in [-0.39, 0.29) is 0 Å². The monoisotopic (exact) mass is 235 g/mol. The van der Waals surface area contributed by atoms with Gasteiger partial charge in [-0.3, -0.25) is 0 Å². The van der Waals surface area contributed by atoms with E-state index in [0.29, 0.717) is 12.1 Å². The Labute approximate surface area is 103 Å². The number of nitrogens with one attached hydrogen (secondary N) is 1. The fraction of sp³-hybridized carbons (Fsp3) is 0.692. The minimum atomic E-state index is 0.335. The molecule has 4 nitrogen and oxygen atoms in total. The third kappa shape index (κ3) is 3.75. The molecule has 0 saturated carbocycles. The third-order valence-corrected chi connectivity index (χ3v) is 3.38. The summed E-state index contributed by atoms with van der Waals surface area (Å²) >= 11 is 0. The lowest BCUT2D eigenvalue weighted by atomic mass is 9.99. The molecule has 1 aromatic heterocycles. The van der Waals surface area contributed by atoms with Gasteiger partial charge in [-0.15, -0.1) is 0 Å². The van der Waals surface area contributed by atoms with Crippen molar-refractivity contribution in [3.8, 4) is 0 Å². The van der Waals surface area contributed by atoms with Gasteiger partial charge < -0.3 is 10.1 Å². The van der Waals surface area contributed by atoms with Gasteiger partial charge in [0.25, 0.3) is 0 Å². The van der Waals surface area contributed by atoms with Crippen LogP contribution < -0.4 is 5.32 Å². The van der Waals surface area contributed by atoms with Crippen LogP contribution in [0.4, 0.5) is 0 Å². The van der Waals surface area contributed by atoms with Crippen LogP contribution in [-0.2, 0) is 4.74 Å². The molecule has 0 radical (unpaired) electrons. The lowest BCUT2D eigenvalue weighted by molar-refractivity contribution is 0.00865. The fourth-order valence-corrected chi connectivity index (χ4v) is 2.36. The lowest BCUT2D eigenvalue weighted by Crippen LogP contribution is -2.23. The number of nitrogens with zero attached hydrogens (tertiary/aromatic N) is 2. The SMILES string of the molecule is CNC(CCC1CCCCO1)c1cncnc1. The van der Waals surface area contributed by atoms with Crippen molar-refractivity contribution in [2.45, 2.75) is 44.2 Å². The summed E-state index contributed by atoms with van der Waals surface area (Å²) in [5.41, 5.74) is 1.16. The van der Waals surface area contributed by atoms with Crippen molar-refractivity contribution in [2.24, 2.45) is 0 Å². The molecule has 0 aliphatic carbocycles. The molecule has 0 aromatic carbocycles. The highest BCUT2D eigenvalue weighted by molar-refractivity contribution is 5.08. The van der Waals surface area contributed by atoms with Gasteiger partial charge >= 0.3 is 0 Å². The second-order valence-electron chi connectivity index (χ2n) is 4.58. The smallest absolute Gasteiger partial charge is 0.115 e. The Balaban J connectivity index is 1.83. The van der Waals surface area contributed by atoms with Gasteiger partial charge in [-0.05, 0) is 39.2 Å². The first-order valence-electron chi connectivity index (χ1n) is 6.44. The molecule has 2 unspecified atom stereocenters. The van der Waals surface area contributed by atoms with Crippen LogP contribution in [0.25, 0.3) is 0 Å². The van der Waals surface area contributed by atoms with Gasteiger partial charge in [-0.1, -0.05) is 0 Å². The Morgan fingerprint density at radius 1 is 1.41 bits per heavy atom. The number of rotatable bonds is 5. The summed E-state index contributed by atoms with van der Waals surface area (Å²) in [6.07, 6.45) is 11.7. The largest absolute Gasteiger partial charge is 0.378 e. The molecule has 0 bridgehead atoms. The van der Waals surface area contributed by atoms with Gasteiger partial charge in [0.2, 0.25) is 0 Å². The van der Waals surface area contributed by atoms with Crippen molar-refractivity contribution in [2.75, 3.05) is 13.7 Å². The zero-order valence-corrected chi connectivity index (χ0v) is 10.4. The second-order valence-corrected chi connectivity index (χ2v) is 4.58. The van der Waals surface area contributed by atoms with Gasteiger partial charge in [-0.2, -0.15) is 0 Å². The first-order valence-corrected chi connectivity index (χ1v) is 6.44. The number of ether oxygens (including phenoxy) is 1. The number of aromatic nitrogens is 2. The third-order valence-electron chi connectivity index (χ3n) is 3.38. The van der Waals surface area contributed by atoms with Crippen molar-refractivity contribution in [3.63, 3.8) is 0 Å². The maximum atomic E-state index is 5.75. The molecule has 1 aromatic rings. The maximum Gasteiger partial charge on any atom is 0.115 e. The molecule has 2 atom stereocenters. The standard InChI is InChI=1S/C13H21N3O/c1-14-13(11-8-15-10-16-9-11)6-5-12-4-2-3-7-17-12/h8-10,12-14H,2-7H2,1H3. The Bertz CT molecular complexity index is 312. The van der Waals surface area contributed by atoms with E-state index in [4.69, 9.17) is 4.74 Å². The second kappa shape index (κ2) is 6.67. The summed E-state index contributed by atoms with van der Waals surface area (Å²) in [6.45, 7) is 0.934. The van der Waals surface area contributed by atoms with E-state index in [1.165, 1.54) is 19.3 Å². The first kappa shape index (κ1) is 12.5. The average Bonchev–Trinajstić information content (AvgIpc) is 2.42. The molecule has 1 saturated heterocycles. The molecule has 2 rings (SSSR count). The van der Waals surface area contributed by atoms with E-state index in [1.807, 2.05) is 19.4 Å². The molecule has 1 N–H and O–H groups in total. The molecule has 1 aliphatic rings. The zero-order valence-electron chi connectivity index (χ0n) is 10.4. The van der Waals surface area contributed by atoms with Crippen LogP contribution in [0.15, 0.2) is 18.7 Å². The van der Waals surface area contributed by atoms with Crippen LogP contribution >= 0.6 is 0 Å². The highest BCUT2D eigenvalue weighted by Gasteiger charge is 2.17. The zero-order chi connectivity index (χ0) is 11.9. The Morgan fingerprint density at radius 3 is 2.88 bits per heavy atom. The topological polar surface area (TPSA) is 47.0 Å². The highest BCUT2D eigenvalue weighted by Crippen LogP contribution is 2.22. The minimum Gasteiger partial charge on any atom is -0.378 e. The molecule has 0 spiro atoms. The van der Waals surface area contributed by atoms with Gasteiger partial charge in [-0.25, -0.2) is 9.97 Å². The fourth-order valence-electron chi connectivity index (χ4n) is 2.36.